The van der Waals surface area contributed by atoms with Gasteiger partial charge in [-0.3, -0.25) is 0 Å². The average molecular weight is 198 g/mol. The monoisotopic (exact) mass is 198 g/mol. The van der Waals surface area contributed by atoms with Crippen molar-refractivity contribution in [1.29, 1.82) is 0 Å². The number of halogens is 3. The van der Waals surface area contributed by atoms with Gasteiger partial charge < -0.3 is 4.74 Å². The topological polar surface area (TPSA) is 26.3 Å². The average Bonchev–Trinajstić information content (AvgIpc) is 2.10. The van der Waals surface area contributed by atoms with E-state index in [-0.39, 0.29) is 25.7 Å². The summed E-state index contributed by atoms with van der Waals surface area (Å²) in [7, 11) is 1.09. The molecule has 0 fully saturated rings. The van der Waals surface area contributed by atoms with Crippen LogP contribution in [0.3, 0.4) is 0 Å². The molecule has 5 heteroatoms. The summed E-state index contributed by atoms with van der Waals surface area (Å²) in [4.78, 5) is 10.5. The Bertz CT molecular complexity index is 150. The summed E-state index contributed by atoms with van der Waals surface area (Å²) in [5.74, 6) is -0.933. The van der Waals surface area contributed by atoms with E-state index in [2.05, 4.69) is 4.74 Å². The number of methoxy groups -OCH3 is 1. The first-order valence-corrected chi connectivity index (χ1v) is 4.08. The first kappa shape index (κ1) is 12.3. The summed E-state index contributed by atoms with van der Waals surface area (Å²) in [6.45, 7) is 0. The highest BCUT2D eigenvalue weighted by molar-refractivity contribution is 5.74. The molecular formula is C8H13F3O2. The molecule has 0 aliphatic carbocycles. The van der Waals surface area contributed by atoms with Crippen LogP contribution < -0.4 is 0 Å². The lowest BCUT2D eigenvalue weighted by molar-refractivity contribution is -0.146. The molecule has 0 saturated heterocycles. The standard InChI is InChI=1S/C8H13F3O2/c1-13-8(12)6(9)4-2-3-5-7(10)11/h6-7H,2-5H2,1H3. The van der Waals surface area contributed by atoms with Crippen LogP contribution in [-0.4, -0.2) is 25.7 Å². The largest absolute Gasteiger partial charge is 0.467 e. The van der Waals surface area contributed by atoms with Crippen LogP contribution in [0.5, 0.6) is 0 Å². The first-order chi connectivity index (χ1) is 6.07. The van der Waals surface area contributed by atoms with Crippen LogP contribution in [0.15, 0.2) is 0 Å². The predicted octanol–water partition coefficient (Wildman–Crippen LogP) is 2.32. The second-order valence-corrected chi connectivity index (χ2v) is 2.67. The van der Waals surface area contributed by atoms with Crippen molar-refractivity contribution >= 4 is 5.97 Å². The van der Waals surface area contributed by atoms with Crippen LogP contribution in [0.1, 0.15) is 25.7 Å². The summed E-state index contributed by atoms with van der Waals surface area (Å²) < 4.78 is 40.0. The number of rotatable bonds is 6. The number of hydrogen-bond donors (Lipinski definition) is 0. The molecule has 0 N–H and O–H groups in total. The maximum Gasteiger partial charge on any atom is 0.340 e. The van der Waals surface area contributed by atoms with Crippen LogP contribution >= 0.6 is 0 Å². The van der Waals surface area contributed by atoms with Gasteiger partial charge in [0.15, 0.2) is 6.17 Å². The molecule has 0 aromatic heterocycles. The highest BCUT2D eigenvalue weighted by Crippen LogP contribution is 2.11. The van der Waals surface area contributed by atoms with Crippen molar-refractivity contribution in [2.75, 3.05) is 7.11 Å². The Balaban J connectivity index is 3.37. The molecule has 0 aliphatic heterocycles. The Hall–Kier alpha value is -0.740. The minimum Gasteiger partial charge on any atom is -0.467 e. The van der Waals surface area contributed by atoms with Crippen molar-refractivity contribution in [3.05, 3.63) is 0 Å². The molecule has 0 rings (SSSR count). The van der Waals surface area contributed by atoms with Gasteiger partial charge in [0.25, 0.3) is 0 Å². The van der Waals surface area contributed by atoms with E-state index in [9.17, 15) is 18.0 Å². The molecule has 0 heterocycles. The molecule has 0 saturated carbocycles. The number of unbranched alkanes of at least 4 members (excludes halogenated alkanes) is 1. The van der Waals surface area contributed by atoms with Gasteiger partial charge in [0.05, 0.1) is 7.11 Å². The van der Waals surface area contributed by atoms with Gasteiger partial charge in [0.2, 0.25) is 6.43 Å². The third-order valence-corrected chi connectivity index (χ3v) is 1.59. The summed E-state index contributed by atoms with van der Waals surface area (Å²) in [6.07, 6.45) is -3.80. The van der Waals surface area contributed by atoms with Crippen LogP contribution in [0.25, 0.3) is 0 Å². The molecule has 0 bridgehead atoms. The van der Waals surface area contributed by atoms with Gasteiger partial charge in [0.1, 0.15) is 0 Å². The van der Waals surface area contributed by atoms with Crippen LogP contribution in [-0.2, 0) is 9.53 Å². The first-order valence-electron chi connectivity index (χ1n) is 4.08. The van der Waals surface area contributed by atoms with E-state index in [1.807, 2.05) is 0 Å². The molecule has 0 radical (unpaired) electrons. The van der Waals surface area contributed by atoms with Crippen molar-refractivity contribution in [3.63, 3.8) is 0 Å². The highest BCUT2D eigenvalue weighted by atomic mass is 19.3. The van der Waals surface area contributed by atoms with E-state index in [0.29, 0.717) is 0 Å². The quantitative estimate of drug-likeness (QED) is 0.483. The van der Waals surface area contributed by atoms with E-state index >= 15 is 0 Å². The Morgan fingerprint density at radius 3 is 2.23 bits per heavy atom. The van der Waals surface area contributed by atoms with Crippen LogP contribution in [0.4, 0.5) is 13.2 Å². The fraction of sp³-hybridized carbons (Fsp3) is 0.875. The minimum atomic E-state index is -2.35. The molecule has 0 spiro atoms. The molecule has 13 heavy (non-hydrogen) atoms. The fourth-order valence-corrected chi connectivity index (χ4v) is 0.868. The molecular weight excluding hydrogens is 185 g/mol. The third-order valence-electron chi connectivity index (χ3n) is 1.59. The Labute approximate surface area is 75.1 Å². The van der Waals surface area contributed by atoms with E-state index < -0.39 is 18.6 Å². The van der Waals surface area contributed by atoms with Crippen LogP contribution in [0.2, 0.25) is 0 Å². The summed E-state index contributed by atoms with van der Waals surface area (Å²) >= 11 is 0. The second-order valence-electron chi connectivity index (χ2n) is 2.67. The Morgan fingerprint density at radius 2 is 1.77 bits per heavy atom. The lowest BCUT2D eigenvalue weighted by Gasteiger charge is -2.04. The normalized spacial score (nSPS) is 13.0. The minimum absolute atomic E-state index is 0.0423. The lowest BCUT2D eigenvalue weighted by atomic mass is 10.1. The van der Waals surface area contributed by atoms with E-state index in [1.54, 1.807) is 0 Å². The maximum absolute atomic E-state index is 12.7. The molecule has 0 aliphatic rings. The SMILES string of the molecule is COC(=O)C(F)CCCCC(F)F. The molecule has 2 nitrogen and oxygen atoms in total. The van der Waals surface area contributed by atoms with Gasteiger partial charge in [-0.05, 0) is 19.3 Å². The number of alkyl halides is 3. The zero-order valence-electron chi connectivity index (χ0n) is 7.43. The van der Waals surface area contributed by atoms with Gasteiger partial charge >= 0.3 is 5.97 Å². The molecule has 0 aromatic carbocycles. The second kappa shape index (κ2) is 6.74. The summed E-state index contributed by atoms with van der Waals surface area (Å²) in [5, 5.41) is 0. The van der Waals surface area contributed by atoms with E-state index in [1.165, 1.54) is 0 Å². The van der Waals surface area contributed by atoms with Crippen molar-refractivity contribution in [1.82, 2.24) is 0 Å². The van der Waals surface area contributed by atoms with Crippen molar-refractivity contribution < 1.29 is 22.7 Å². The third kappa shape index (κ3) is 6.42. The zero-order valence-corrected chi connectivity index (χ0v) is 7.43. The molecule has 1 atom stereocenters. The van der Waals surface area contributed by atoms with E-state index in [0.717, 1.165) is 7.11 Å². The van der Waals surface area contributed by atoms with Crippen molar-refractivity contribution in [2.24, 2.45) is 0 Å². The fourth-order valence-electron chi connectivity index (χ4n) is 0.868. The number of ether oxygens (including phenoxy) is 1. The maximum atomic E-state index is 12.7. The molecule has 78 valence electrons. The van der Waals surface area contributed by atoms with Gasteiger partial charge in [-0.2, -0.15) is 0 Å². The number of carbonyl (C=O) groups is 1. The number of carbonyl (C=O) groups excluding carboxylic acids is 1. The smallest absolute Gasteiger partial charge is 0.340 e. The predicted molar refractivity (Wildman–Crippen MR) is 41.4 cm³/mol. The number of esters is 1. The molecule has 0 amide bonds. The summed E-state index contributed by atoms with van der Waals surface area (Å²) in [5.41, 5.74) is 0. The Kier molecular flexibility index (Phi) is 6.36. The van der Waals surface area contributed by atoms with Crippen molar-refractivity contribution in [3.8, 4) is 0 Å². The van der Waals surface area contributed by atoms with Gasteiger partial charge in [-0.25, -0.2) is 18.0 Å². The lowest BCUT2D eigenvalue weighted by Crippen LogP contribution is -2.16. The summed E-state index contributed by atoms with van der Waals surface area (Å²) in [6, 6.07) is 0. The molecule has 0 aromatic rings. The number of hydrogen-bond acceptors (Lipinski definition) is 2. The molecule has 1 unspecified atom stereocenters. The van der Waals surface area contributed by atoms with Gasteiger partial charge in [-0.15, -0.1) is 0 Å². The van der Waals surface area contributed by atoms with Gasteiger partial charge in [-0.1, -0.05) is 0 Å². The Morgan fingerprint density at radius 1 is 1.23 bits per heavy atom. The van der Waals surface area contributed by atoms with Crippen molar-refractivity contribution in [2.45, 2.75) is 38.3 Å². The zero-order chi connectivity index (χ0) is 10.3. The van der Waals surface area contributed by atoms with E-state index in [4.69, 9.17) is 0 Å². The van der Waals surface area contributed by atoms with Crippen LogP contribution in [0, 0.1) is 0 Å². The highest BCUT2D eigenvalue weighted by Gasteiger charge is 2.16. The van der Waals surface area contributed by atoms with Gasteiger partial charge in [0, 0.05) is 6.42 Å².